The molecule has 0 saturated carbocycles. The van der Waals surface area contributed by atoms with Crippen LogP contribution in [0.5, 0.6) is 0 Å². The number of nitrogens with one attached hydrogen (secondary N) is 1. The van der Waals surface area contributed by atoms with Crippen molar-refractivity contribution < 1.29 is 14.9 Å². The molecule has 110 valence electrons. The molecule has 7 nitrogen and oxygen atoms in total. The van der Waals surface area contributed by atoms with Gasteiger partial charge < -0.3 is 14.9 Å². The molecule has 1 aromatic heterocycles. The summed E-state index contributed by atoms with van der Waals surface area (Å²) in [7, 11) is 0. The van der Waals surface area contributed by atoms with E-state index in [4.69, 9.17) is 4.74 Å². The minimum Gasteiger partial charge on any atom is -0.387 e. The largest absolute Gasteiger partial charge is 0.387 e. The van der Waals surface area contributed by atoms with E-state index in [1.165, 1.54) is 12.3 Å². The van der Waals surface area contributed by atoms with Crippen LogP contribution in [-0.4, -0.2) is 42.0 Å². The van der Waals surface area contributed by atoms with Crippen LogP contribution in [0.4, 0.5) is 0 Å². The van der Waals surface area contributed by atoms with Crippen LogP contribution in [0.15, 0.2) is 34.5 Å². The quantitative estimate of drug-likeness (QED) is 0.364. The monoisotopic (exact) mass is 394 g/mol. The van der Waals surface area contributed by atoms with Gasteiger partial charge in [0.1, 0.15) is 11.7 Å². The Morgan fingerprint density at radius 2 is 2.30 bits per heavy atom. The van der Waals surface area contributed by atoms with Gasteiger partial charge in [0.25, 0.3) is 5.56 Å². The molecule has 0 unspecified atom stereocenters. The predicted octanol–water partition coefficient (Wildman–Crippen LogP) is -0.463. The van der Waals surface area contributed by atoms with E-state index in [-0.39, 0.29) is 6.42 Å². The number of hydrogen-bond donors (Lipinski definition) is 3. The smallest absolute Gasteiger partial charge is 0.330 e. The van der Waals surface area contributed by atoms with Crippen molar-refractivity contribution in [2.45, 2.75) is 30.5 Å². The Labute approximate surface area is 128 Å². The van der Waals surface area contributed by atoms with Crippen LogP contribution in [-0.2, 0) is 4.74 Å². The molecule has 0 aliphatic carbocycles. The first-order chi connectivity index (χ1) is 9.43. The van der Waals surface area contributed by atoms with E-state index < -0.39 is 35.3 Å². The Kier molecular flexibility index (Phi) is 4.47. The van der Waals surface area contributed by atoms with Gasteiger partial charge in [-0.05, 0) is 0 Å². The van der Waals surface area contributed by atoms with Crippen molar-refractivity contribution in [3.63, 3.8) is 0 Å². The zero-order chi connectivity index (χ0) is 14.9. The molecule has 0 bridgehead atoms. The van der Waals surface area contributed by atoms with Crippen LogP contribution in [0.3, 0.4) is 0 Å². The second-order valence-electron chi connectivity index (χ2n) is 4.63. The molecule has 20 heavy (non-hydrogen) atoms. The molecule has 0 radical (unpaired) electrons. The summed E-state index contributed by atoms with van der Waals surface area (Å²) in [6, 6.07) is 1.16. The van der Waals surface area contributed by atoms with Crippen LogP contribution in [0.2, 0.25) is 0 Å². The molecular formula is C12H15IN2O5. The second kappa shape index (κ2) is 5.80. The summed E-state index contributed by atoms with van der Waals surface area (Å²) in [5, 5.41) is 20.9. The van der Waals surface area contributed by atoms with Crippen molar-refractivity contribution in [1.29, 1.82) is 0 Å². The van der Waals surface area contributed by atoms with E-state index in [2.05, 4.69) is 11.6 Å². The molecule has 2 rings (SSSR count). The zero-order valence-electron chi connectivity index (χ0n) is 10.5. The van der Waals surface area contributed by atoms with E-state index >= 15 is 0 Å². The molecule has 1 aromatic rings. The van der Waals surface area contributed by atoms with Crippen LogP contribution >= 0.6 is 22.6 Å². The molecule has 2 heterocycles. The number of ether oxygens (including phenoxy) is 1. The van der Waals surface area contributed by atoms with Crippen molar-refractivity contribution in [1.82, 2.24) is 9.55 Å². The maximum absolute atomic E-state index is 11.8. The Morgan fingerprint density at radius 3 is 2.85 bits per heavy atom. The van der Waals surface area contributed by atoms with Gasteiger partial charge >= 0.3 is 5.69 Å². The first-order valence-electron chi connectivity index (χ1n) is 5.98. The Bertz CT molecular complexity index is 612. The normalized spacial score (nSPS) is 33.2. The lowest BCUT2D eigenvalue weighted by Crippen LogP contribution is -2.48. The van der Waals surface area contributed by atoms with Gasteiger partial charge in [-0.15, -0.1) is 6.58 Å². The molecule has 3 N–H and O–H groups in total. The third kappa shape index (κ3) is 2.48. The van der Waals surface area contributed by atoms with Crippen LogP contribution in [0.25, 0.3) is 0 Å². The van der Waals surface area contributed by atoms with E-state index in [1.807, 2.05) is 22.6 Å². The third-order valence-electron chi connectivity index (χ3n) is 3.32. The number of alkyl halides is 1. The lowest BCUT2D eigenvalue weighted by atomic mass is 9.91. The minimum absolute atomic E-state index is 0.0531. The molecule has 1 saturated heterocycles. The number of hydrogen-bond acceptors (Lipinski definition) is 5. The average molecular weight is 394 g/mol. The van der Waals surface area contributed by atoms with Crippen LogP contribution in [0.1, 0.15) is 12.6 Å². The van der Waals surface area contributed by atoms with Crippen molar-refractivity contribution in [2.75, 3.05) is 4.43 Å². The Hall–Kier alpha value is -0.970. The number of rotatable bonds is 4. The SMILES string of the molecule is C=CC[C@@]1(O)[C@H](O)[C@@H](CI)O[C@H]1n1ccc(=O)[nH]c1=O. The molecule has 8 heteroatoms. The average Bonchev–Trinajstić information content (AvgIpc) is 2.63. The fraction of sp³-hybridized carbons (Fsp3) is 0.500. The van der Waals surface area contributed by atoms with Gasteiger partial charge in [-0.2, -0.15) is 0 Å². The van der Waals surface area contributed by atoms with Crippen molar-refractivity contribution in [3.05, 3.63) is 45.8 Å². The summed E-state index contributed by atoms with van der Waals surface area (Å²) >= 11 is 2.03. The van der Waals surface area contributed by atoms with E-state index in [0.717, 1.165) is 10.6 Å². The number of H-pyrrole nitrogens is 1. The fourth-order valence-electron chi connectivity index (χ4n) is 2.32. The highest BCUT2D eigenvalue weighted by atomic mass is 127. The first-order valence-corrected chi connectivity index (χ1v) is 7.51. The Balaban J connectivity index is 2.50. The number of aromatic nitrogens is 2. The fourth-order valence-corrected chi connectivity index (χ4v) is 3.01. The van der Waals surface area contributed by atoms with Gasteiger partial charge in [0.15, 0.2) is 6.23 Å². The molecule has 0 aromatic carbocycles. The number of halogens is 1. The highest BCUT2D eigenvalue weighted by Crippen LogP contribution is 2.40. The minimum atomic E-state index is -1.67. The molecule has 1 aliphatic rings. The predicted molar refractivity (Wildman–Crippen MR) is 79.9 cm³/mol. The Morgan fingerprint density at radius 1 is 1.60 bits per heavy atom. The molecular weight excluding hydrogens is 379 g/mol. The van der Waals surface area contributed by atoms with E-state index in [0.29, 0.717) is 4.43 Å². The topological polar surface area (TPSA) is 105 Å². The molecule has 1 fully saturated rings. The summed E-state index contributed by atoms with van der Waals surface area (Å²) in [5.41, 5.74) is -2.91. The van der Waals surface area contributed by atoms with Gasteiger partial charge in [-0.1, -0.05) is 28.7 Å². The summed E-state index contributed by atoms with van der Waals surface area (Å²) in [4.78, 5) is 25.0. The summed E-state index contributed by atoms with van der Waals surface area (Å²) in [6.45, 7) is 3.55. The molecule has 4 atom stereocenters. The van der Waals surface area contributed by atoms with E-state index in [1.54, 1.807) is 0 Å². The number of aromatic amines is 1. The summed E-state index contributed by atoms with van der Waals surface area (Å²) < 4.78 is 7.10. The lowest BCUT2D eigenvalue weighted by molar-refractivity contribution is -0.107. The molecule has 0 amide bonds. The molecule has 0 spiro atoms. The zero-order valence-corrected chi connectivity index (χ0v) is 12.7. The highest BCUT2D eigenvalue weighted by Gasteiger charge is 2.55. The number of aliphatic hydroxyl groups is 2. The van der Waals surface area contributed by atoms with Gasteiger partial charge in [-0.25, -0.2) is 4.79 Å². The summed E-state index contributed by atoms with van der Waals surface area (Å²) in [6.07, 6.45) is -0.101. The standard InChI is InChI=1S/C12H15IN2O5/c1-2-4-12(19)9(17)7(6-13)20-10(12)15-5-3-8(16)14-11(15)18/h2-3,5,7,9-10,17,19H,1,4,6H2,(H,14,16,18)/t7-,9-,10-,12-/m1/s1. The number of aliphatic hydroxyl groups excluding tert-OH is 1. The maximum atomic E-state index is 11.8. The van der Waals surface area contributed by atoms with Gasteiger partial charge in [-0.3, -0.25) is 14.3 Å². The maximum Gasteiger partial charge on any atom is 0.330 e. The van der Waals surface area contributed by atoms with Crippen molar-refractivity contribution in [3.8, 4) is 0 Å². The van der Waals surface area contributed by atoms with Crippen LogP contribution < -0.4 is 11.2 Å². The van der Waals surface area contributed by atoms with E-state index in [9.17, 15) is 19.8 Å². The van der Waals surface area contributed by atoms with Crippen molar-refractivity contribution >= 4 is 22.6 Å². The van der Waals surface area contributed by atoms with Gasteiger partial charge in [0.05, 0.1) is 6.10 Å². The third-order valence-corrected chi connectivity index (χ3v) is 4.19. The first kappa shape index (κ1) is 15.4. The number of nitrogens with zero attached hydrogens (tertiary/aromatic N) is 1. The summed E-state index contributed by atoms with van der Waals surface area (Å²) in [5.74, 6) is 0. The van der Waals surface area contributed by atoms with Crippen molar-refractivity contribution in [2.24, 2.45) is 0 Å². The van der Waals surface area contributed by atoms with Crippen LogP contribution in [0, 0.1) is 0 Å². The van der Waals surface area contributed by atoms with Gasteiger partial charge in [0, 0.05) is 23.1 Å². The second-order valence-corrected chi connectivity index (χ2v) is 5.51. The molecule has 1 aliphatic heterocycles. The van der Waals surface area contributed by atoms with Gasteiger partial charge in [0.2, 0.25) is 0 Å². The lowest BCUT2D eigenvalue weighted by Gasteiger charge is -2.30. The highest BCUT2D eigenvalue weighted by molar-refractivity contribution is 14.1.